The van der Waals surface area contributed by atoms with Gasteiger partial charge in [-0.05, 0) is 76.2 Å². The Morgan fingerprint density at radius 1 is 0.759 bits per heavy atom. The minimum atomic E-state index is -1.62. The van der Waals surface area contributed by atoms with E-state index in [1.807, 2.05) is 6.08 Å². The van der Waals surface area contributed by atoms with Crippen LogP contribution in [0.2, 0.25) is 0 Å². The Hall–Kier alpha value is -2.93. The molecular formula is C43H68O11. The van der Waals surface area contributed by atoms with Crippen molar-refractivity contribution >= 4 is 17.7 Å². The second kappa shape index (κ2) is 29.4. The van der Waals surface area contributed by atoms with Crippen LogP contribution in [0.25, 0.3) is 0 Å². The maximum Gasteiger partial charge on any atom is 0.306 e. The number of hydrogen-bond acceptors (Lipinski definition) is 11. The average molecular weight is 761 g/mol. The molecule has 0 aromatic heterocycles. The second-order valence-electron chi connectivity index (χ2n) is 14.2. The molecule has 306 valence electrons. The molecule has 4 N–H and O–H groups in total. The van der Waals surface area contributed by atoms with Crippen molar-refractivity contribution in [3.8, 4) is 0 Å². The van der Waals surface area contributed by atoms with Gasteiger partial charge in [-0.2, -0.15) is 0 Å². The van der Waals surface area contributed by atoms with E-state index in [2.05, 4.69) is 62.5 Å². The van der Waals surface area contributed by atoms with Gasteiger partial charge in [0.15, 0.2) is 18.2 Å². The molecule has 0 spiro atoms. The molecule has 1 saturated heterocycles. The molecule has 0 aromatic rings. The Labute approximate surface area is 323 Å². The predicted octanol–water partition coefficient (Wildman–Crippen LogP) is 6.53. The number of esters is 2. The van der Waals surface area contributed by atoms with Crippen molar-refractivity contribution in [3.63, 3.8) is 0 Å². The van der Waals surface area contributed by atoms with Gasteiger partial charge < -0.3 is 39.4 Å². The molecule has 0 bridgehead atoms. The van der Waals surface area contributed by atoms with E-state index in [4.69, 9.17) is 18.9 Å². The van der Waals surface area contributed by atoms with E-state index in [1.165, 1.54) is 0 Å². The van der Waals surface area contributed by atoms with Crippen molar-refractivity contribution < 1.29 is 53.8 Å². The first kappa shape index (κ1) is 47.2. The first-order valence-corrected chi connectivity index (χ1v) is 20.3. The minimum Gasteiger partial charge on any atom is -0.462 e. The normalized spacial score (nSPS) is 25.1. The molecule has 0 amide bonds. The molecule has 2 rings (SSSR count). The lowest BCUT2D eigenvalue weighted by molar-refractivity contribution is -0.305. The summed E-state index contributed by atoms with van der Waals surface area (Å²) in [7, 11) is 0. The van der Waals surface area contributed by atoms with Gasteiger partial charge in [0.05, 0.1) is 13.2 Å². The van der Waals surface area contributed by atoms with Crippen molar-refractivity contribution in [3.05, 3.63) is 60.8 Å². The van der Waals surface area contributed by atoms with E-state index in [0.717, 1.165) is 83.5 Å². The monoisotopic (exact) mass is 760 g/mol. The van der Waals surface area contributed by atoms with Gasteiger partial charge in [-0.1, -0.05) is 101 Å². The number of rotatable bonds is 29. The van der Waals surface area contributed by atoms with E-state index < -0.39 is 55.4 Å². The Bertz CT molecular complexity index is 1190. The second-order valence-corrected chi connectivity index (χ2v) is 14.2. The number of aliphatic hydroxyl groups excluding tert-OH is 4. The number of allylic oxidation sites excluding steroid dienone is 10. The van der Waals surface area contributed by atoms with E-state index in [1.54, 1.807) is 6.08 Å². The highest BCUT2D eigenvalue weighted by Crippen LogP contribution is 2.30. The summed E-state index contributed by atoms with van der Waals surface area (Å²) < 4.78 is 22.1. The maximum atomic E-state index is 12.8. The standard InChI is InChI=1S/C43H68O11/c1-3-5-7-8-9-10-11-12-13-14-15-16-17-18-22-26-38(46)51-31-34(32-52-43-42(50)41(49)40(48)37(30-44)54-43)53-39(47)27-23-19-21-24-33-28-29-36(45)35(33)25-20-6-4-2/h5-7,9-10,12-13,20,28-29,33-35,37,40-44,48-50H,3-4,8,11,14-19,21-27,30-32H2,1-2H3/b7-5-,10-9-,13-12-,20-6-/t33?,34-,35?,37-,40+,41+,42-,43-/m1/s1. The predicted molar refractivity (Wildman–Crippen MR) is 208 cm³/mol. The van der Waals surface area contributed by atoms with Gasteiger partial charge in [-0.3, -0.25) is 14.4 Å². The van der Waals surface area contributed by atoms with Gasteiger partial charge >= 0.3 is 11.9 Å². The fraction of sp³-hybridized carbons (Fsp3) is 0.698. The van der Waals surface area contributed by atoms with Crippen LogP contribution >= 0.6 is 0 Å². The minimum absolute atomic E-state index is 0.0152. The molecule has 0 radical (unpaired) electrons. The summed E-state index contributed by atoms with van der Waals surface area (Å²) in [5, 5.41) is 40.0. The topological polar surface area (TPSA) is 169 Å². The van der Waals surface area contributed by atoms with Crippen molar-refractivity contribution in [2.75, 3.05) is 19.8 Å². The van der Waals surface area contributed by atoms with E-state index in [0.29, 0.717) is 12.8 Å². The third-order valence-electron chi connectivity index (χ3n) is 9.66. The fourth-order valence-electron chi connectivity index (χ4n) is 6.43. The lowest BCUT2D eigenvalue weighted by atomic mass is 9.87. The third-order valence-corrected chi connectivity index (χ3v) is 9.66. The summed E-state index contributed by atoms with van der Waals surface area (Å²) in [5.41, 5.74) is 0. The van der Waals surface area contributed by atoms with Crippen molar-refractivity contribution in [1.82, 2.24) is 0 Å². The van der Waals surface area contributed by atoms with Crippen LogP contribution in [0.15, 0.2) is 60.8 Å². The first-order valence-electron chi connectivity index (χ1n) is 20.3. The molecule has 1 fully saturated rings. The van der Waals surface area contributed by atoms with Gasteiger partial charge in [-0.15, -0.1) is 0 Å². The van der Waals surface area contributed by atoms with Crippen molar-refractivity contribution in [2.45, 2.75) is 160 Å². The molecule has 0 aromatic carbocycles. The Morgan fingerprint density at radius 3 is 2.11 bits per heavy atom. The number of hydrogen-bond donors (Lipinski definition) is 4. The van der Waals surface area contributed by atoms with Crippen LogP contribution in [0, 0.1) is 11.8 Å². The quantitative estimate of drug-likeness (QED) is 0.0372. The highest BCUT2D eigenvalue weighted by molar-refractivity contribution is 5.94. The lowest BCUT2D eigenvalue weighted by Gasteiger charge is -2.39. The van der Waals surface area contributed by atoms with E-state index in [9.17, 15) is 34.8 Å². The number of aliphatic hydroxyl groups is 4. The fourth-order valence-corrected chi connectivity index (χ4v) is 6.43. The van der Waals surface area contributed by atoms with Crippen molar-refractivity contribution in [2.24, 2.45) is 11.8 Å². The zero-order valence-electron chi connectivity index (χ0n) is 32.7. The molecule has 1 aliphatic heterocycles. The highest BCUT2D eigenvalue weighted by atomic mass is 16.7. The molecule has 2 aliphatic rings. The molecule has 8 atom stereocenters. The van der Waals surface area contributed by atoms with Gasteiger partial charge in [0, 0.05) is 18.8 Å². The number of unbranched alkanes of at least 4 members (excludes halogenated alkanes) is 7. The molecule has 1 heterocycles. The van der Waals surface area contributed by atoms with E-state index in [-0.39, 0.29) is 43.7 Å². The maximum absolute atomic E-state index is 12.8. The van der Waals surface area contributed by atoms with Gasteiger partial charge in [0.1, 0.15) is 31.0 Å². The molecule has 0 saturated carbocycles. The van der Waals surface area contributed by atoms with Crippen LogP contribution in [0.1, 0.15) is 123 Å². The molecule has 1 aliphatic carbocycles. The zero-order chi connectivity index (χ0) is 39.4. The Balaban J connectivity index is 1.74. The number of ether oxygens (including phenoxy) is 4. The summed E-state index contributed by atoms with van der Waals surface area (Å²) >= 11 is 0. The van der Waals surface area contributed by atoms with Crippen LogP contribution < -0.4 is 0 Å². The molecule has 2 unspecified atom stereocenters. The summed E-state index contributed by atoms with van der Waals surface area (Å²) in [6.45, 7) is 2.99. The first-order chi connectivity index (χ1) is 26.2. The smallest absolute Gasteiger partial charge is 0.306 e. The van der Waals surface area contributed by atoms with Gasteiger partial charge in [0.25, 0.3) is 0 Å². The summed E-state index contributed by atoms with van der Waals surface area (Å²) in [6, 6.07) is 0. The molecule has 54 heavy (non-hydrogen) atoms. The average Bonchev–Trinajstić information content (AvgIpc) is 3.51. The third kappa shape index (κ3) is 19.6. The molecular weight excluding hydrogens is 692 g/mol. The van der Waals surface area contributed by atoms with Crippen LogP contribution in [-0.4, -0.2) is 94.8 Å². The number of carbonyl (C=O) groups is 3. The highest BCUT2D eigenvalue weighted by Gasteiger charge is 2.44. The van der Waals surface area contributed by atoms with Crippen LogP contribution in [-0.2, 0) is 33.3 Å². The summed E-state index contributed by atoms with van der Waals surface area (Å²) in [5.74, 6) is -0.565. The van der Waals surface area contributed by atoms with Gasteiger partial charge in [0.2, 0.25) is 0 Å². The van der Waals surface area contributed by atoms with E-state index >= 15 is 0 Å². The summed E-state index contributed by atoms with van der Waals surface area (Å²) in [4.78, 5) is 37.6. The van der Waals surface area contributed by atoms with Gasteiger partial charge in [-0.25, -0.2) is 0 Å². The SMILES string of the molecule is CC/C=C\C/C=C\C/C=C\CCCCCCCC(=O)OC[C@H](CO[C@@H]1O[C@H](CO)[C@H](O)[C@H](O)[C@H]1O)OC(=O)CCCCCC1C=CC(=O)C1C/C=C\CC. The largest absolute Gasteiger partial charge is 0.462 e. The zero-order valence-corrected chi connectivity index (χ0v) is 32.7. The number of carbonyl (C=O) groups excluding carboxylic acids is 3. The lowest BCUT2D eigenvalue weighted by Crippen LogP contribution is -2.59. The van der Waals surface area contributed by atoms with Crippen LogP contribution in [0.3, 0.4) is 0 Å². The number of ketones is 1. The van der Waals surface area contributed by atoms with Crippen molar-refractivity contribution in [1.29, 1.82) is 0 Å². The Kier molecular flexibility index (Phi) is 25.7. The van der Waals surface area contributed by atoms with Crippen LogP contribution in [0.5, 0.6) is 0 Å². The Morgan fingerprint density at radius 2 is 1.39 bits per heavy atom. The molecule has 11 nitrogen and oxygen atoms in total. The summed E-state index contributed by atoms with van der Waals surface area (Å²) in [6.07, 6.45) is 26.5. The van der Waals surface area contributed by atoms with Crippen LogP contribution in [0.4, 0.5) is 0 Å². The molecule has 11 heteroatoms.